The molecular weight excluding hydrogens is 338 g/mol. The largest absolute Gasteiger partial charge is 0.379 e. The Kier molecular flexibility index (Phi) is 7.69. The molecular formula is C19H30ClN3O2. The monoisotopic (exact) mass is 367 g/mol. The van der Waals surface area contributed by atoms with Gasteiger partial charge >= 0.3 is 0 Å². The molecule has 3 rings (SSSR count). The first-order chi connectivity index (χ1) is 11.6. The molecule has 0 unspecified atom stereocenters. The number of ether oxygens (including phenoxy) is 1. The van der Waals surface area contributed by atoms with Crippen molar-refractivity contribution < 1.29 is 9.53 Å². The topological polar surface area (TPSA) is 53.6 Å². The van der Waals surface area contributed by atoms with Crippen LogP contribution in [0, 0.1) is 12.8 Å². The van der Waals surface area contributed by atoms with E-state index in [1.165, 1.54) is 5.56 Å². The molecule has 1 aromatic rings. The van der Waals surface area contributed by atoms with Crippen molar-refractivity contribution in [2.45, 2.75) is 39.3 Å². The normalized spacial score (nSPS) is 24.4. The average molecular weight is 368 g/mol. The Morgan fingerprint density at radius 2 is 2.12 bits per heavy atom. The van der Waals surface area contributed by atoms with Gasteiger partial charge in [0, 0.05) is 37.3 Å². The number of hydrogen-bond acceptors (Lipinski definition) is 4. The number of nitrogens with one attached hydrogen (secondary N) is 2. The lowest BCUT2D eigenvalue weighted by Gasteiger charge is -2.28. The Balaban J connectivity index is 0.00000225. The summed E-state index contributed by atoms with van der Waals surface area (Å²) < 4.78 is 5.40. The maximum atomic E-state index is 12.6. The highest BCUT2D eigenvalue weighted by Crippen LogP contribution is 2.22. The third-order valence-corrected chi connectivity index (χ3v) is 5.06. The number of amides is 1. The van der Waals surface area contributed by atoms with E-state index in [0.29, 0.717) is 6.04 Å². The minimum Gasteiger partial charge on any atom is -0.379 e. The molecule has 2 N–H and O–H groups in total. The zero-order valence-corrected chi connectivity index (χ0v) is 16.0. The fourth-order valence-electron chi connectivity index (χ4n) is 3.52. The van der Waals surface area contributed by atoms with E-state index in [0.717, 1.165) is 63.5 Å². The van der Waals surface area contributed by atoms with Crippen LogP contribution in [0.2, 0.25) is 0 Å². The number of piperidine rings is 1. The van der Waals surface area contributed by atoms with E-state index in [1.807, 2.05) is 0 Å². The molecule has 0 bridgehead atoms. The third-order valence-electron chi connectivity index (χ3n) is 5.06. The van der Waals surface area contributed by atoms with Crippen molar-refractivity contribution in [3.05, 3.63) is 29.3 Å². The number of benzene rings is 1. The molecule has 2 aliphatic heterocycles. The molecule has 2 atom stereocenters. The quantitative estimate of drug-likeness (QED) is 0.858. The first-order valence-corrected chi connectivity index (χ1v) is 9.05. The van der Waals surface area contributed by atoms with Crippen molar-refractivity contribution in [2.75, 3.05) is 38.2 Å². The zero-order valence-electron chi connectivity index (χ0n) is 15.2. The minimum atomic E-state index is 0. The van der Waals surface area contributed by atoms with Gasteiger partial charge in [-0.3, -0.25) is 9.69 Å². The Hall–Kier alpha value is -1.14. The zero-order chi connectivity index (χ0) is 16.9. The highest BCUT2D eigenvalue weighted by molar-refractivity contribution is 5.93. The summed E-state index contributed by atoms with van der Waals surface area (Å²) in [6, 6.07) is 6.82. The number of nitrogens with zero attached hydrogens (tertiary/aromatic N) is 1. The second kappa shape index (κ2) is 9.53. The second-order valence-electron chi connectivity index (χ2n) is 7.10. The van der Waals surface area contributed by atoms with E-state index in [-0.39, 0.29) is 24.2 Å². The van der Waals surface area contributed by atoms with Gasteiger partial charge in [0.2, 0.25) is 5.91 Å². The Morgan fingerprint density at radius 1 is 1.36 bits per heavy atom. The van der Waals surface area contributed by atoms with Crippen LogP contribution in [-0.2, 0) is 16.1 Å². The second-order valence-corrected chi connectivity index (χ2v) is 7.10. The maximum Gasteiger partial charge on any atom is 0.227 e. The van der Waals surface area contributed by atoms with Crippen LogP contribution < -0.4 is 10.6 Å². The first kappa shape index (κ1) is 20.2. The highest BCUT2D eigenvalue weighted by Gasteiger charge is 2.25. The molecule has 2 saturated heterocycles. The van der Waals surface area contributed by atoms with Gasteiger partial charge in [-0.05, 0) is 50.4 Å². The van der Waals surface area contributed by atoms with Gasteiger partial charge in [0.25, 0.3) is 0 Å². The van der Waals surface area contributed by atoms with Crippen LogP contribution in [0.25, 0.3) is 0 Å². The molecule has 6 heteroatoms. The van der Waals surface area contributed by atoms with Crippen LogP contribution in [0.4, 0.5) is 5.69 Å². The van der Waals surface area contributed by atoms with Crippen LogP contribution in [0.3, 0.4) is 0 Å². The van der Waals surface area contributed by atoms with Crippen molar-refractivity contribution in [1.29, 1.82) is 0 Å². The highest BCUT2D eigenvalue weighted by atomic mass is 35.5. The molecule has 1 aromatic carbocycles. The lowest BCUT2D eigenvalue weighted by Crippen LogP contribution is -2.40. The molecule has 2 aliphatic rings. The molecule has 0 aromatic heterocycles. The molecule has 0 radical (unpaired) electrons. The summed E-state index contributed by atoms with van der Waals surface area (Å²) in [4.78, 5) is 15.0. The number of hydrogen-bond donors (Lipinski definition) is 2. The number of aryl methyl sites for hydroxylation is 1. The van der Waals surface area contributed by atoms with E-state index in [4.69, 9.17) is 4.74 Å². The van der Waals surface area contributed by atoms with Crippen LogP contribution in [0.5, 0.6) is 0 Å². The predicted octanol–water partition coefficient (Wildman–Crippen LogP) is 2.58. The van der Waals surface area contributed by atoms with Crippen molar-refractivity contribution in [1.82, 2.24) is 10.2 Å². The van der Waals surface area contributed by atoms with E-state index in [9.17, 15) is 4.79 Å². The Morgan fingerprint density at radius 3 is 2.84 bits per heavy atom. The van der Waals surface area contributed by atoms with E-state index in [1.54, 1.807) is 0 Å². The molecule has 5 nitrogen and oxygen atoms in total. The fourth-order valence-corrected chi connectivity index (χ4v) is 3.52. The summed E-state index contributed by atoms with van der Waals surface area (Å²) in [5, 5.41) is 6.57. The molecule has 0 saturated carbocycles. The standard InChI is InChI=1S/C19H29N3O2.ClH/c1-14-3-4-16(13-22-7-9-24-10-8-22)12-18(14)21-19(23)17-5-6-20-15(2)11-17;/h3-4,12,15,17,20H,5-11,13H2,1-2H3,(H,21,23);1H/t15-,17-;/m0./s1. The molecule has 1 amide bonds. The van der Waals surface area contributed by atoms with Gasteiger partial charge in [-0.25, -0.2) is 0 Å². The van der Waals surface area contributed by atoms with Crippen molar-refractivity contribution in [2.24, 2.45) is 5.92 Å². The van der Waals surface area contributed by atoms with E-state index in [2.05, 4.69) is 47.6 Å². The Labute approximate surface area is 156 Å². The summed E-state index contributed by atoms with van der Waals surface area (Å²) >= 11 is 0. The molecule has 0 spiro atoms. The average Bonchev–Trinajstić information content (AvgIpc) is 2.59. The molecule has 25 heavy (non-hydrogen) atoms. The number of morpholine rings is 1. The number of halogens is 1. The molecule has 0 aliphatic carbocycles. The summed E-state index contributed by atoms with van der Waals surface area (Å²) in [7, 11) is 0. The van der Waals surface area contributed by atoms with Crippen LogP contribution in [0.1, 0.15) is 30.9 Å². The number of carbonyl (C=O) groups excluding carboxylic acids is 1. The molecule has 140 valence electrons. The van der Waals surface area contributed by atoms with Crippen molar-refractivity contribution >= 4 is 24.0 Å². The van der Waals surface area contributed by atoms with E-state index < -0.39 is 0 Å². The van der Waals surface area contributed by atoms with Gasteiger partial charge in [0.05, 0.1) is 13.2 Å². The van der Waals surface area contributed by atoms with Gasteiger partial charge in [0.1, 0.15) is 0 Å². The molecule has 2 heterocycles. The summed E-state index contributed by atoms with van der Waals surface area (Å²) in [5.41, 5.74) is 3.32. The van der Waals surface area contributed by atoms with Gasteiger partial charge < -0.3 is 15.4 Å². The number of rotatable bonds is 4. The van der Waals surface area contributed by atoms with Gasteiger partial charge in [0.15, 0.2) is 0 Å². The van der Waals surface area contributed by atoms with E-state index >= 15 is 0 Å². The summed E-state index contributed by atoms with van der Waals surface area (Å²) in [6.45, 7) is 9.61. The number of anilines is 1. The first-order valence-electron chi connectivity index (χ1n) is 9.05. The number of carbonyl (C=O) groups is 1. The minimum absolute atomic E-state index is 0. The van der Waals surface area contributed by atoms with Gasteiger partial charge in [-0.1, -0.05) is 12.1 Å². The third kappa shape index (κ3) is 5.68. The van der Waals surface area contributed by atoms with Crippen molar-refractivity contribution in [3.63, 3.8) is 0 Å². The Bertz CT molecular complexity index is 576. The summed E-state index contributed by atoms with van der Waals surface area (Å²) in [5.74, 6) is 0.276. The van der Waals surface area contributed by atoms with Crippen molar-refractivity contribution in [3.8, 4) is 0 Å². The fraction of sp³-hybridized carbons (Fsp3) is 0.632. The van der Waals surface area contributed by atoms with Crippen LogP contribution >= 0.6 is 12.4 Å². The van der Waals surface area contributed by atoms with Crippen LogP contribution in [-0.4, -0.2) is 49.7 Å². The SMILES string of the molecule is Cc1ccc(CN2CCOCC2)cc1NC(=O)[C@H]1CCN[C@@H](C)C1.Cl. The van der Waals surface area contributed by atoms with Gasteiger partial charge in [-0.15, -0.1) is 12.4 Å². The molecule has 2 fully saturated rings. The maximum absolute atomic E-state index is 12.6. The lowest BCUT2D eigenvalue weighted by molar-refractivity contribution is -0.120. The smallest absolute Gasteiger partial charge is 0.227 e. The summed E-state index contributed by atoms with van der Waals surface area (Å²) in [6.07, 6.45) is 1.83. The van der Waals surface area contributed by atoms with Crippen LogP contribution in [0.15, 0.2) is 18.2 Å². The lowest BCUT2D eigenvalue weighted by atomic mass is 9.92. The van der Waals surface area contributed by atoms with Gasteiger partial charge in [-0.2, -0.15) is 0 Å². The predicted molar refractivity (Wildman–Crippen MR) is 103 cm³/mol.